The molecular weight excluding hydrogens is 308 g/mol. The number of urea groups is 1. The minimum absolute atomic E-state index is 0.101. The fourth-order valence-electron chi connectivity index (χ4n) is 4.09. The summed E-state index contributed by atoms with van der Waals surface area (Å²) in [6.45, 7) is 0.951. The molecule has 3 fully saturated rings. The zero-order valence-electron chi connectivity index (χ0n) is 14.5. The molecular formula is C16H28N6O2. The fraction of sp³-hybridized carbons (Fsp3) is 0.812. The molecule has 0 aromatic rings. The zero-order chi connectivity index (χ0) is 17.1. The molecule has 0 aromatic heterocycles. The van der Waals surface area contributed by atoms with Crippen molar-refractivity contribution in [3.8, 4) is 0 Å². The number of nitrogens with zero attached hydrogens (tertiary/aromatic N) is 3. The van der Waals surface area contributed by atoms with Gasteiger partial charge in [0.05, 0.1) is 6.54 Å². The van der Waals surface area contributed by atoms with Gasteiger partial charge in [-0.05, 0) is 32.7 Å². The Kier molecular flexibility index (Phi) is 5.23. The number of hydrogen-bond acceptors (Lipinski definition) is 4. The molecule has 3 N–H and O–H groups in total. The van der Waals surface area contributed by atoms with Crippen molar-refractivity contribution in [3.63, 3.8) is 0 Å². The summed E-state index contributed by atoms with van der Waals surface area (Å²) < 4.78 is 0. The van der Waals surface area contributed by atoms with E-state index in [0.717, 1.165) is 18.8 Å². The maximum Gasteiger partial charge on any atom is 0.324 e. The number of piperidine rings is 2. The molecule has 3 heterocycles. The molecule has 3 aliphatic heterocycles. The van der Waals surface area contributed by atoms with Gasteiger partial charge in [-0.3, -0.25) is 14.7 Å². The summed E-state index contributed by atoms with van der Waals surface area (Å²) in [6, 6.07) is 1.45. The number of imide groups is 1. The van der Waals surface area contributed by atoms with Crippen LogP contribution in [0.5, 0.6) is 0 Å². The summed E-state index contributed by atoms with van der Waals surface area (Å²) in [5.41, 5.74) is 0. The minimum atomic E-state index is -0.312. The van der Waals surface area contributed by atoms with Gasteiger partial charge in [0.15, 0.2) is 5.96 Å². The third-order valence-electron chi connectivity index (χ3n) is 5.47. The standard InChI is InChI=1S/C16H28N6O2/c1-17-15(18-6-7-22-14(23)10-19-16(22)24)20-11-8-12-4-3-5-13(9-11)21(12)2/h11-13H,3-10H2,1-2H3,(H,19,24)(H2,17,18,20). The van der Waals surface area contributed by atoms with Crippen molar-refractivity contribution < 1.29 is 9.59 Å². The number of amides is 3. The lowest BCUT2D eigenvalue weighted by Gasteiger charge is -2.47. The Balaban J connectivity index is 1.45. The lowest BCUT2D eigenvalue weighted by atomic mass is 9.82. The molecule has 0 aliphatic carbocycles. The first kappa shape index (κ1) is 17.0. The molecule has 0 saturated carbocycles. The number of guanidine groups is 1. The summed E-state index contributed by atoms with van der Waals surface area (Å²) in [4.78, 5) is 31.1. The molecule has 0 aromatic carbocycles. The number of hydrogen-bond donors (Lipinski definition) is 3. The molecule has 2 unspecified atom stereocenters. The van der Waals surface area contributed by atoms with E-state index in [2.05, 4.69) is 32.9 Å². The van der Waals surface area contributed by atoms with Crippen molar-refractivity contribution in [3.05, 3.63) is 0 Å². The average molecular weight is 336 g/mol. The van der Waals surface area contributed by atoms with Gasteiger partial charge in [-0.25, -0.2) is 4.79 Å². The van der Waals surface area contributed by atoms with Gasteiger partial charge in [0.2, 0.25) is 5.91 Å². The van der Waals surface area contributed by atoms with E-state index < -0.39 is 0 Å². The lowest BCUT2D eigenvalue weighted by molar-refractivity contribution is -0.124. The molecule has 3 amide bonds. The van der Waals surface area contributed by atoms with Crippen LogP contribution in [0.1, 0.15) is 32.1 Å². The van der Waals surface area contributed by atoms with Gasteiger partial charge in [0.25, 0.3) is 0 Å². The Morgan fingerprint density at radius 3 is 2.58 bits per heavy atom. The minimum Gasteiger partial charge on any atom is -0.355 e. The van der Waals surface area contributed by atoms with Gasteiger partial charge in [-0.1, -0.05) is 6.42 Å². The molecule has 3 rings (SSSR count). The first-order chi connectivity index (χ1) is 11.6. The largest absolute Gasteiger partial charge is 0.355 e. The van der Waals surface area contributed by atoms with Crippen LogP contribution in [0.25, 0.3) is 0 Å². The number of carbonyl (C=O) groups excluding carboxylic acids is 2. The maximum atomic E-state index is 11.6. The van der Waals surface area contributed by atoms with E-state index in [0.29, 0.717) is 31.2 Å². The Morgan fingerprint density at radius 2 is 2.00 bits per heavy atom. The van der Waals surface area contributed by atoms with Gasteiger partial charge >= 0.3 is 6.03 Å². The molecule has 0 radical (unpaired) electrons. The summed E-state index contributed by atoms with van der Waals surface area (Å²) in [7, 11) is 3.99. The van der Waals surface area contributed by atoms with Gasteiger partial charge in [0, 0.05) is 38.3 Å². The third-order valence-corrected chi connectivity index (χ3v) is 5.47. The highest BCUT2D eigenvalue weighted by Crippen LogP contribution is 2.32. The highest BCUT2D eigenvalue weighted by molar-refractivity contribution is 6.01. The molecule has 24 heavy (non-hydrogen) atoms. The van der Waals surface area contributed by atoms with Crippen LogP contribution >= 0.6 is 0 Å². The van der Waals surface area contributed by atoms with Crippen LogP contribution in [-0.2, 0) is 4.79 Å². The van der Waals surface area contributed by atoms with Crippen molar-refractivity contribution in [2.75, 3.05) is 33.7 Å². The highest BCUT2D eigenvalue weighted by Gasteiger charge is 2.36. The summed E-state index contributed by atoms with van der Waals surface area (Å²) in [6.07, 6.45) is 6.18. The fourth-order valence-corrected chi connectivity index (χ4v) is 4.09. The predicted octanol–water partition coefficient (Wildman–Crippen LogP) is -0.281. The molecule has 8 nitrogen and oxygen atoms in total. The van der Waals surface area contributed by atoms with Gasteiger partial charge in [-0.2, -0.15) is 0 Å². The van der Waals surface area contributed by atoms with Crippen LogP contribution in [-0.4, -0.2) is 79.6 Å². The number of rotatable bonds is 4. The molecule has 3 saturated heterocycles. The Morgan fingerprint density at radius 1 is 1.29 bits per heavy atom. The van der Waals surface area contributed by atoms with Crippen molar-refractivity contribution in [2.24, 2.45) is 4.99 Å². The van der Waals surface area contributed by atoms with Gasteiger partial charge < -0.3 is 20.9 Å². The second-order valence-electron chi connectivity index (χ2n) is 6.92. The average Bonchev–Trinajstić information content (AvgIpc) is 2.86. The molecule has 8 heteroatoms. The van der Waals surface area contributed by atoms with E-state index in [1.54, 1.807) is 7.05 Å². The number of carbonyl (C=O) groups is 2. The normalized spacial score (nSPS) is 31.2. The Hall–Kier alpha value is -1.83. The monoisotopic (exact) mass is 336 g/mol. The number of fused-ring (bicyclic) bond motifs is 2. The Bertz CT molecular complexity index is 493. The maximum absolute atomic E-state index is 11.6. The van der Waals surface area contributed by atoms with E-state index in [-0.39, 0.29) is 18.5 Å². The highest BCUT2D eigenvalue weighted by atomic mass is 16.2. The van der Waals surface area contributed by atoms with E-state index in [1.165, 1.54) is 24.2 Å². The van der Waals surface area contributed by atoms with E-state index in [1.807, 2.05) is 0 Å². The van der Waals surface area contributed by atoms with Crippen LogP contribution in [0.2, 0.25) is 0 Å². The molecule has 3 aliphatic rings. The second kappa shape index (κ2) is 7.38. The van der Waals surface area contributed by atoms with Gasteiger partial charge in [-0.15, -0.1) is 0 Å². The Labute approximate surface area is 143 Å². The first-order valence-corrected chi connectivity index (χ1v) is 8.85. The smallest absolute Gasteiger partial charge is 0.324 e. The molecule has 0 spiro atoms. The van der Waals surface area contributed by atoms with Crippen molar-refractivity contribution >= 4 is 17.9 Å². The predicted molar refractivity (Wildman–Crippen MR) is 91.8 cm³/mol. The molecule has 2 bridgehead atoms. The van der Waals surface area contributed by atoms with Crippen LogP contribution < -0.4 is 16.0 Å². The van der Waals surface area contributed by atoms with Crippen LogP contribution in [0.4, 0.5) is 4.79 Å². The topological polar surface area (TPSA) is 89.1 Å². The second-order valence-corrected chi connectivity index (χ2v) is 6.92. The lowest BCUT2D eigenvalue weighted by Crippen LogP contribution is -2.57. The quantitative estimate of drug-likeness (QED) is 0.373. The van der Waals surface area contributed by atoms with Crippen molar-refractivity contribution in [2.45, 2.75) is 50.2 Å². The third kappa shape index (κ3) is 3.63. The molecule has 134 valence electrons. The van der Waals surface area contributed by atoms with E-state index in [9.17, 15) is 9.59 Å². The van der Waals surface area contributed by atoms with Crippen LogP contribution in [0.15, 0.2) is 4.99 Å². The van der Waals surface area contributed by atoms with Crippen molar-refractivity contribution in [1.29, 1.82) is 0 Å². The van der Waals surface area contributed by atoms with Crippen LogP contribution in [0.3, 0.4) is 0 Å². The SMILES string of the molecule is CN=C(NCCN1C(=O)CNC1=O)NC1CC2CCCC(C1)N2C. The van der Waals surface area contributed by atoms with E-state index >= 15 is 0 Å². The number of nitrogens with one attached hydrogen (secondary N) is 3. The van der Waals surface area contributed by atoms with Crippen LogP contribution in [0, 0.1) is 0 Å². The first-order valence-electron chi connectivity index (χ1n) is 8.85. The molecule has 2 atom stereocenters. The van der Waals surface area contributed by atoms with E-state index in [4.69, 9.17) is 0 Å². The summed E-state index contributed by atoms with van der Waals surface area (Å²) in [5.74, 6) is 0.572. The van der Waals surface area contributed by atoms with Gasteiger partial charge in [0.1, 0.15) is 0 Å². The summed E-state index contributed by atoms with van der Waals surface area (Å²) in [5, 5.41) is 9.25. The van der Waals surface area contributed by atoms with Crippen molar-refractivity contribution in [1.82, 2.24) is 25.8 Å². The number of aliphatic imine (C=N–C) groups is 1. The summed E-state index contributed by atoms with van der Waals surface area (Å²) >= 11 is 0. The zero-order valence-corrected chi connectivity index (χ0v) is 14.5.